The van der Waals surface area contributed by atoms with Gasteiger partial charge < -0.3 is 19.5 Å². The van der Waals surface area contributed by atoms with Crippen LogP contribution in [0.2, 0.25) is 0 Å². The van der Waals surface area contributed by atoms with E-state index in [9.17, 15) is 14.7 Å². The van der Waals surface area contributed by atoms with Gasteiger partial charge in [-0.05, 0) is 66.9 Å². The van der Waals surface area contributed by atoms with Gasteiger partial charge >= 0.3 is 0 Å². The first-order chi connectivity index (χ1) is 19.4. The summed E-state index contributed by atoms with van der Waals surface area (Å²) in [4.78, 5) is 30.6. The maximum Gasteiger partial charge on any atom is 0.300 e. The molecule has 1 amide bonds. The number of para-hydroxylation sites is 2. The molecule has 7 nitrogen and oxygen atoms in total. The number of unbranched alkanes of at least 4 members (excludes halogenated alkanes) is 2. The summed E-state index contributed by atoms with van der Waals surface area (Å²) in [6.07, 6.45) is 3.97. The van der Waals surface area contributed by atoms with Gasteiger partial charge in [-0.2, -0.15) is 0 Å². The molecule has 4 rings (SSSR count). The average Bonchev–Trinajstić information content (AvgIpc) is 3.24. The normalized spacial score (nSPS) is 16.3. The van der Waals surface area contributed by atoms with Crippen molar-refractivity contribution in [1.29, 1.82) is 0 Å². The number of benzene rings is 3. The largest absolute Gasteiger partial charge is 0.507 e. The molecule has 0 saturated carbocycles. The van der Waals surface area contributed by atoms with Crippen LogP contribution in [0.15, 0.2) is 78.4 Å². The fourth-order valence-corrected chi connectivity index (χ4v) is 4.75. The molecule has 3 aromatic carbocycles. The van der Waals surface area contributed by atoms with E-state index in [1.807, 2.05) is 56.3 Å². The summed E-state index contributed by atoms with van der Waals surface area (Å²) >= 11 is 0. The Morgan fingerprint density at radius 2 is 1.55 bits per heavy atom. The van der Waals surface area contributed by atoms with Crippen molar-refractivity contribution in [1.82, 2.24) is 0 Å². The molecule has 3 aromatic rings. The van der Waals surface area contributed by atoms with Gasteiger partial charge in [0.05, 0.1) is 30.5 Å². The third kappa shape index (κ3) is 6.14. The Balaban J connectivity index is 1.79. The van der Waals surface area contributed by atoms with Crippen LogP contribution in [-0.2, 0) is 9.59 Å². The third-order valence-electron chi connectivity index (χ3n) is 6.90. The van der Waals surface area contributed by atoms with Crippen LogP contribution in [-0.4, -0.2) is 44.1 Å². The van der Waals surface area contributed by atoms with Crippen molar-refractivity contribution < 1.29 is 24.2 Å². The number of hydrogen-bond acceptors (Lipinski definition) is 6. The SMILES string of the molecule is CCCCCOc1ccc(/C(O)=C2/C(=O)C(=O)N(c3ccccc3OCCC)C2c2ccc(N(C)C)cc2)cc1. The number of Topliss-reactive ketones (excluding diaryl/α,β-unsaturated/α-hetero) is 1. The number of rotatable bonds is 12. The van der Waals surface area contributed by atoms with Crippen molar-refractivity contribution in [2.75, 3.05) is 37.1 Å². The van der Waals surface area contributed by atoms with Crippen LogP contribution >= 0.6 is 0 Å². The van der Waals surface area contributed by atoms with Crippen molar-refractivity contribution in [3.8, 4) is 11.5 Å². The number of aliphatic hydroxyl groups excluding tert-OH is 1. The molecule has 40 heavy (non-hydrogen) atoms. The highest BCUT2D eigenvalue weighted by Gasteiger charge is 2.47. The molecule has 1 aliphatic rings. The van der Waals surface area contributed by atoms with Crippen molar-refractivity contribution in [3.63, 3.8) is 0 Å². The molecule has 1 atom stereocenters. The predicted octanol–water partition coefficient (Wildman–Crippen LogP) is 6.74. The van der Waals surface area contributed by atoms with Crippen LogP contribution in [0.25, 0.3) is 5.76 Å². The summed E-state index contributed by atoms with van der Waals surface area (Å²) in [5.74, 6) is -0.500. The fraction of sp³-hybridized carbons (Fsp3) is 0.333. The van der Waals surface area contributed by atoms with Gasteiger partial charge in [-0.15, -0.1) is 0 Å². The van der Waals surface area contributed by atoms with Crippen molar-refractivity contribution in [3.05, 3.63) is 89.5 Å². The lowest BCUT2D eigenvalue weighted by Gasteiger charge is -2.27. The number of nitrogens with zero attached hydrogens (tertiary/aromatic N) is 2. The quantitative estimate of drug-likeness (QED) is 0.118. The van der Waals surface area contributed by atoms with E-state index in [2.05, 4.69) is 6.92 Å². The lowest BCUT2D eigenvalue weighted by Crippen LogP contribution is -2.30. The summed E-state index contributed by atoms with van der Waals surface area (Å²) in [5, 5.41) is 11.5. The summed E-state index contributed by atoms with van der Waals surface area (Å²) in [5.41, 5.74) is 2.62. The Morgan fingerprint density at radius 3 is 2.20 bits per heavy atom. The lowest BCUT2D eigenvalue weighted by molar-refractivity contribution is -0.132. The molecule has 7 heteroatoms. The van der Waals surface area contributed by atoms with E-state index in [0.29, 0.717) is 41.5 Å². The summed E-state index contributed by atoms with van der Waals surface area (Å²) < 4.78 is 11.8. The molecular weight excluding hydrogens is 504 g/mol. The van der Waals surface area contributed by atoms with Gasteiger partial charge in [-0.1, -0.05) is 51.0 Å². The van der Waals surface area contributed by atoms with Crippen LogP contribution in [0.1, 0.15) is 56.7 Å². The smallest absolute Gasteiger partial charge is 0.300 e. The minimum absolute atomic E-state index is 0.0320. The molecule has 1 aliphatic heterocycles. The van der Waals surface area contributed by atoms with E-state index >= 15 is 0 Å². The molecular formula is C33H38N2O5. The average molecular weight is 543 g/mol. The molecule has 0 aliphatic carbocycles. The van der Waals surface area contributed by atoms with E-state index in [4.69, 9.17) is 9.47 Å². The van der Waals surface area contributed by atoms with E-state index < -0.39 is 17.7 Å². The summed E-state index contributed by atoms with van der Waals surface area (Å²) in [7, 11) is 3.89. The molecule has 0 radical (unpaired) electrons. The van der Waals surface area contributed by atoms with Crippen LogP contribution in [0.5, 0.6) is 11.5 Å². The summed E-state index contributed by atoms with van der Waals surface area (Å²) in [6.45, 7) is 5.23. The van der Waals surface area contributed by atoms with Crippen LogP contribution in [0.3, 0.4) is 0 Å². The van der Waals surface area contributed by atoms with Gasteiger partial charge in [-0.25, -0.2) is 0 Å². The number of carbonyl (C=O) groups excluding carboxylic acids is 2. The zero-order valence-corrected chi connectivity index (χ0v) is 23.7. The lowest BCUT2D eigenvalue weighted by atomic mass is 9.94. The molecule has 0 spiro atoms. The molecule has 210 valence electrons. The van der Waals surface area contributed by atoms with Gasteiger partial charge in [-0.3, -0.25) is 14.5 Å². The minimum Gasteiger partial charge on any atom is -0.507 e. The highest BCUT2D eigenvalue weighted by atomic mass is 16.5. The maximum atomic E-state index is 13.6. The molecule has 1 N–H and O–H groups in total. The van der Waals surface area contributed by atoms with Gasteiger partial charge in [0, 0.05) is 25.3 Å². The Kier molecular flexibility index (Phi) is 9.48. The van der Waals surface area contributed by atoms with E-state index in [1.165, 1.54) is 4.90 Å². The Hall–Kier alpha value is -4.26. The highest BCUT2D eigenvalue weighted by molar-refractivity contribution is 6.52. The van der Waals surface area contributed by atoms with Crippen LogP contribution in [0.4, 0.5) is 11.4 Å². The second-order valence-electron chi connectivity index (χ2n) is 10.1. The van der Waals surface area contributed by atoms with Gasteiger partial charge in [0.15, 0.2) is 0 Å². The van der Waals surface area contributed by atoms with E-state index in [-0.39, 0.29) is 11.3 Å². The summed E-state index contributed by atoms with van der Waals surface area (Å²) in [6, 6.07) is 20.9. The number of anilines is 2. The topological polar surface area (TPSA) is 79.3 Å². The Bertz CT molecular complexity index is 1350. The van der Waals surface area contributed by atoms with Crippen LogP contribution < -0.4 is 19.3 Å². The number of ketones is 1. The second kappa shape index (κ2) is 13.2. The highest BCUT2D eigenvalue weighted by Crippen LogP contribution is 2.45. The maximum absolute atomic E-state index is 13.6. The van der Waals surface area contributed by atoms with Crippen molar-refractivity contribution >= 4 is 28.8 Å². The number of amides is 1. The number of hydrogen-bond donors (Lipinski definition) is 1. The van der Waals surface area contributed by atoms with Crippen molar-refractivity contribution in [2.45, 2.75) is 45.6 Å². The first-order valence-electron chi connectivity index (χ1n) is 13.9. The molecule has 1 saturated heterocycles. The first kappa shape index (κ1) is 28.7. The van der Waals surface area contributed by atoms with Crippen LogP contribution in [0, 0.1) is 0 Å². The third-order valence-corrected chi connectivity index (χ3v) is 6.90. The molecule has 1 unspecified atom stereocenters. The molecule has 0 aromatic heterocycles. The second-order valence-corrected chi connectivity index (χ2v) is 10.1. The zero-order chi connectivity index (χ0) is 28.6. The molecule has 0 bridgehead atoms. The number of aliphatic hydroxyl groups is 1. The molecule has 1 heterocycles. The minimum atomic E-state index is -0.840. The number of carbonyl (C=O) groups is 2. The fourth-order valence-electron chi connectivity index (χ4n) is 4.75. The van der Waals surface area contributed by atoms with E-state index in [0.717, 1.165) is 31.4 Å². The zero-order valence-electron chi connectivity index (χ0n) is 23.7. The number of ether oxygens (including phenoxy) is 2. The molecule has 1 fully saturated rings. The first-order valence-corrected chi connectivity index (χ1v) is 13.9. The van der Waals surface area contributed by atoms with Gasteiger partial charge in [0.2, 0.25) is 0 Å². The Morgan fingerprint density at radius 1 is 0.850 bits per heavy atom. The Labute approximate surface area is 236 Å². The predicted molar refractivity (Wildman–Crippen MR) is 159 cm³/mol. The van der Waals surface area contributed by atoms with Gasteiger partial charge in [0.25, 0.3) is 11.7 Å². The monoisotopic (exact) mass is 542 g/mol. The standard InChI is InChI=1S/C33H38N2O5/c1-5-7-10-22-39-26-19-15-24(16-20-26)31(36)29-30(23-13-17-25(18-14-23)34(3)4)35(33(38)32(29)37)27-11-8-9-12-28(27)40-21-6-2/h8-9,11-20,30,36H,5-7,10,21-22H2,1-4H3/b31-29-. The van der Waals surface area contributed by atoms with Gasteiger partial charge in [0.1, 0.15) is 17.3 Å². The van der Waals surface area contributed by atoms with E-state index in [1.54, 1.807) is 42.5 Å². The van der Waals surface area contributed by atoms with Crippen molar-refractivity contribution in [2.24, 2.45) is 0 Å².